The van der Waals surface area contributed by atoms with E-state index in [-0.39, 0.29) is 15.6 Å². The Labute approximate surface area is 157 Å². The highest BCUT2D eigenvalue weighted by atomic mass is 32.2. The maximum Gasteiger partial charge on any atom is 0.240 e. The van der Waals surface area contributed by atoms with Gasteiger partial charge >= 0.3 is 0 Å². The molecule has 0 saturated carbocycles. The third-order valence-electron chi connectivity index (χ3n) is 3.83. The van der Waals surface area contributed by atoms with Crippen molar-refractivity contribution in [2.24, 2.45) is 0 Å². The van der Waals surface area contributed by atoms with Crippen molar-refractivity contribution in [2.45, 2.75) is 14.4 Å². The Morgan fingerprint density at radius 3 is 2.00 bits per heavy atom. The first-order chi connectivity index (χ1) is 12.4. The van der Waals surface area contributed by atoms with Gasteiger partial charge in [-0.1, -0.05) is 54.6 Å². The lowest BCUT2D eigenvalue weighted by Crippen LogP contribution is -2.31. The van der Waals surface area contributed by atoms with Crippen molar-refractivity contribution in [1.29, 1.82) is 0 Å². The van der Waals surface area contributed by atoms with Crippen LogP contribution in [0.5, 0.6) is 0 Å². The molecule has 5 nitrogen and oxygen atoms in total. The minimum atomic E-state index is -3.80. The zero-order valence-corrected chi connectivity index (χ0v) is 16.1. The van der Waals surface area contributed by atoms with E-state index in [1.54, 1.807) is 60.0 Å². The van der Waals surface area contributed by atoms with Crippen molar-refractivity contribution in [3.63, 3.8) is 0 Å². The molecule has 0 aliphatic rings. The van der Waals surface area contributed by atoms with Gasteiger partial charge in [0.25, 0.3) is 0 Å². The van der Waals surface area contributed by atoms with Gasteiger partial charge in [0.1, 0.15) is 9.46 Å². The first-order valence-electron chi connectivity index (χ1n) is 7.78. The molecular weight excluding hydrogens is 390 g/mol. The molecule has 3 aromatic rings. The van der Waals surface area contributed by atoms with Gasteiger partial charge < -0.3 is 0 Å². The van der Waals surface area contributed by atoms with E-state index in [1.165, 1.54) is 18.2 Å². The first kappa shape index (κ1) is 18.8. The molecule has 0 aliphatic carbocycles. The van der Waals surface area contributed by atoms with Gasteiger partial charge in [-0.15, -0.1) is 11.3 Å². The van der Waals surface area contributed by atoms with Gasteiger partial charge in [0, 0.05) is 6.54 Å². The highest BCUT2D eigenvalue weighted by Gasteiger charge is 2.31. The minimum Gasteiger partial charge on any atom is -0.222 e. The topological polar surface area (TPSA) is 80.3 Å². The second kappa shape index (κ2) is 7.71. The number of hydrogen-bond donors (Lipinski definition) is 1. The van der Waals surface area contributed by atoms with Gasteiger partial charge in [0.2, 0.25) is 10.0 Å². The molecule has 1 heterocycles. The zero-order valence-electron chi connectivity index (χ0n) is 13.6. The summed E-state index contributed by atoms with van der Waals surface area (Å²) in [4.78, 5) is 0.0975. The van der Waals surface area contributed by atoms with Crippen LogP contribution in [0.1, 0.15) is 10.8 Å². The smallest absolute Gasteiger partial charge is 0.222 e. The molecule has 136 valence electrons. The minimum absolute atomic E-state index is 0.0975. The average Bonchev–Trinajstić information content (AvgIpc) is 3.19. The molecule has 1 N–H and O–H groups in total. The summed E-state index contributed by atoms with van der Waals surface area (Å²) in [5.74, 6) is 0. The molecule has 0 radical (unpaired) electrons. The molecule has 26 heavy (non-hydrogen) atoms. The number of benzene rings is 2. The van der Waals surface area contributed by atoms with Crippen LogP contribution in [-0.2, 0) is 19.9 Å². The number of sulfonamides is 1. The summed E-state index contributed by atoms with van der Waals surface area (Å²) in [5, 5.41) is 0.670. The van der Waals surface area contributed by atoms with E-state index in [0.717, 1.165) is 11.3 Å². The number of nitrogens with one attached hydrogen (secondary N) is 1. The summed E-state index contributed by atoms with van der Waals surface area (Å²) < 4.78 is 53.7. The van der Waals surface area contributed by atoms with Crippen LogP contribution in [0.25, 0.3) is 0 Å². The zero-order chi connectivity index (χ0) is 18.6. The lowest BCUT2D eigenvalue weighted by Gasteiger charge is -2.18. The van der Waals surface area contributed by atoms with Crippen molar-refractivity contribution >= 4 is 31.2 Å². The van der Waals surface area contributed by atoms with Crippen LogP contribution in [0.3, 0.4) is 0 Å². The van der Waals surface area contributed by atoms with Crippen molar-refractivity contribution in [3.05, 3.63) is 83.7 Å². The van der Waals surface area contributed by atoms with Gasteiger partial charge in [0.05, 0.1) is 4.90 Å². The Bertz CT molecular complexity index is 1050. The molecule has 2 aromatic carbocycles. The molecule has 0 unspecified atom stereocenters. The maximum atomic E-state index is 13.0. The maximum absolute atomic E-state index is 13.0. The van der Waals surface area contributed by atoms with Crippen molar-refractivity contribution in [3.8, 4) is 0 Å². The van der Waals surface area contributed by atoms with E-state index >= 15 is 0 Å². The lowest BCUT2D eigenvalue weighted by atomic mass is 10.1. The molecular formula is C18H17NO4S3. The Balaban J connectivity index is 1.93. The number of rotatable bonds is 7. The highest BCUT2D eigenvalue weighted by molar-refractivity contribution is 7.93. The van der Waals surface area contributed by atoms with Crippen LogP contribution in [0.4, 0.5) is 0 Å². The predicted molar refractivity (Wildman–Crippen MR) is 102 cm³/mol. The lowest BCUT2D eigenvalue weighted by molar-refractivity contribution is 0.570. The first-order valence-corrected chi connectivity index (χ1v) is 11.7. The third kappa shape index (κ3) is 4.04. The van der Waals surface area contributed by atoms with E-state index in [9.17, 15) is 16.8 Å². The van der Waals surface area contributed by atoms with Crippen LogP contribution in [0, 0.1) is 0 Å². The van der Waals surface area contributed by atoms with Crippen molar-refractivity contribution in [2.75, 3.05) is 6.54 Å². The Morgan fingerprint density at radius 2 is 1.42 bits per heavy atom. The molecule has 1 atom stereocenters. The standard InChI is InChI=1S/C18H17NO4S3/c20-25(21,18-12-7-13-24-18)17(15-8-3-1-4-9-15)14-19-26(22,23)16-10-5-2-6-11-16/h1-13,17,19H,14H2/t17-/m1/s1. The number of sulfone groups is 1. The third-order valence-corrected chi connectivity index (χ3v) is 8.81. The van der Waals surface area contributed by atoms with Crippen molar-refractivity contribution in [1.82, 2.24) is 4.72 Å². The molecule has 0 amide bonds. The fraction of sp³-hybridized carbons (Fsp3) is 0.111. The fourth-order valence-electron chi connectivity index (χ4n) is 2.51. The van der Waals surface area contributed by atoms with Crippen LogP contribution in [0.15, 0.2) is 87.3 Å². The van der Waals surface area contributed by atoms with Gasteiger partial charge in [0.15, 0.2) is 9.84 Å². The van der Waals surface area contributed by atoms with Gasteiger partial charge in [-0.2, -0.15) is 0 Å². The summed E-state index contributed by atoms with van der Waals surface area (Å²) in [6, 6.07) is 19.7. The van der Waals surface area contributed by atoms with Crippen LogP contribution >= 0.6 is 11.3 Å². The summed E-state index contributed by atoms with van der Waals surface area (Å²) in [7, 11) is -7.53. The van der Waals surface area contributed by atoms with Crippen LogP contribution in [-0.4, -0.2) is 23.4 Å². The van der Waals surface area contributed by atoms with E-state index < -0.39 is 25.1 Å². The monoisotopic (exact) mass is 407 g/mol. The Morgan fingerprint density at radius 1 is 0.808 bits per heavy atom. The summed E-state index contributed by atoms with van der Waals surface area (Å²) in [6.07, 6.45) is 0. The second-order valence-electron chi connectivity index (χ2n) is 5.54. The summed E-state index contributed by atoms with van der Waals surface area (Å²) >= 11 is 1.12. The average molecular weight is 408 g/mol. The summed E-state index contributed by atoms with van der Waals surface area (Å²) in [6.45, 7) is -0.249. The molecule has 1 aromatic heterocycles. The highest BCUT2D eigenvalue weighted by Crippen LogP contribution is 2.31. The summed E-state index contributed by atoms with van der Waals surface area (Å²) in [5.41, 5.74) is 0.539. The van der Waals surface area contributed by atoms with E-state index in [0.29, 0.717) is 5.56 Å². The predicted octanol–water partition coefficient (Wildman–Crippen LogP) is 3.24. The van der Waals surface area contributed by atoms with Gasteiger partial charge in [-0.25, -0.2) is 21.6 Å². The number of hydrogen-bond acceptors (Lipinski definition) is 5. The molecule has 8 heteroatoms. The Hall–Kier alpha value is -2.00. The molecule has 0 fully saturated rings. The normalized spacial score (nSPS) is 13.4. The number of thiophene rings is 1. The second-order valence-corrected chi connectivity index (χ2v) is 10.6. The molecule has 0 aliphatic heterocycles. The van der Waals surface area contributed by atoms with Crippen LogP contribution in [0.2, 0.25) is 0 Å². The molecule has 0 spiro atoms. The van der Waals surface area contributed by atoms with E-state index in [2.05, 4.69) is 4.72 Å². The van der Waals surface area contributed by atoms with Crippen LogP contribution < -0.4 is 4.72 Å². The molecule has 3 rings (SSSR count). The molecule has 0 bridgehead atoms. The SMILES string of the molecule is O=S(=O)(NC[C@H](c1ccccc1)S(=O)(=O)c1cccs1)c1ccccc1. The van der Waals surface area contributed by atoms with E-state index in [4.69, 9.17) is 0 Å². The van der Waals surface area contributed by atoms with Crippen molar-refractivity contribution < 1.29 is 16.8 Å². The van der Waals surface area contributed by atoms with Gasteiger partial charge in [-0.3, -0.25) is 0 Å². The quantitative estimate of drug-likeness (QED) is 0.652. The molecule has 0 saturated heterocycles. The Kier molecular flexibility index (Phi) is 5.57. The van der Waals surface area contributed by atoms with E-state index in [1.807, 2.05) is 0 Å². The largest absolute Gasteiger partial charge is 0.240 e. The fourth-order valence-corrected chi connectivity index (χ4v) is 6.55. The van der Waals surface area contributed by atoms with Gasteiger partial charge in [-0.05, 0) is 29.1 Å².